The highest BCUT2D eigenvalue weighted by atomic mass is 32.2. The summed E-state index contributed by atoms with van der Waals surface area (Å²) in [6.07, 6.45) is 1.82. The van der Waals surface area contributed by atoms with Gasteiger partial charge in [-0.1, -0.05) is 13.8 Å². The molecule has 0 unspecified atom stereocenters. The highest BCUT2D eigenvalue weighted by molar-refractivity contribution is 7.89. The maximum atomic E-state index is 12.0. The van der Waals surface area contributed by atoms with Gasteiger partial charge < -0.3 is 0 Å². The van der Waals surface area contributed by atoms with Crippen LogP contribution >= 0.6 is 0 Å². The van der Waals surface area contributed by atoms with E-state index >= 15 is 0 Å². The second-order valence-corrected chi connectivity index (χ2v) is 6.79. The topological polar surface area (TPSA) is 70.0 Å². The third-order valence-corrected chi connectivity index (χ3v) is 4.34. The Labute approximate surface area is 115 Å². The number of rotatable bonds is 6. The van der Waals surface area contributed by atoms with Crippen molar-refractivity contribution in [1.29, 1.82) is 5.26 Å². The van der Waals surface area contributed by atoms with Crippen LogP contribution in [0.5, 0.6) is 0 Å². The average molecular weight is 280 g/mol. The van der Waals surface area contributed by atoms with Gasteiger partial charge in [-0.15, -0.1) is 0 Å². The molecule has 0 spiro atoms. The van der Waals surface area contributed by atoms with E-state index in [0.717, 1.165) is 12.8 Å². The quantitative estimate of drug-likeness (QED) is 0.814. The van der Waals surface area contributed by atoms with Crippen molar-refractivity contribution >= 4 is 10.0 Å². The predicted molar refractivity (Wildman–Crippen MR) is 75.2 cm³/mol. The van der Waals surface area contributed by atoms with E-state index in [2.05, 4.69) is 18.6 Å². The van der Waals surface area contributed by atoms with E-state index in [9.17, 15) is 8.42 Å². The molecule has 4 nitrogen and oxygen atoms in total. The minimum Gasteiger partial charge on any atom is -0.211 e. The van der Waals surface area contributed by atoms with Crippen molar-refractivity contribution in [2.45, 2.75) is 38.5 Å². The number of nitrogens with zero attached hydrogens (tertiary/aromatic N) is 1. The van der Waals surface area contributed by atoms with Gasteiger partial charge in [-0.2, -0.15) is 5.26 Å². The molecule has 1 rings (SSSR count). The Kier molecular flexibility index (Phi) is 5.52. The van der Waals surface area contributed by atoms with Crippen molar-refractivity contribution in [2.75, 3.05) is 6.54 Å². The second kappa shape index (κ2) is 6.69. The zero-order chi connectivity index (χ0) is 14.5. The van der Waals surface area contributed by atoms with Gasteiger partial charge in [0, 0.05) is 6.54 Å². The summed E-state index contributed by atoms with van der Waals surface area (Å²) in [7, 11) is -3.47. The molecule has 0 fully saturated rings. The first kappa shape index (κ1) is 15.7. The summed E-state index contributed by atoms with van der Waals surface area (Å²) in [6, 6.07) is 6.56. The number of aryl methyl sites for hydroxylation is 1. The Morgan fingerprint density at radius 1 is 1.37 bits per heavy atom. The number of benzene rings is 1. The molecule has 1 aromatic rings. The molecule has 0 saturated carbocycles. The van der Waals surface area contributed by atoms with Crippen molar-refractivity contribution in [3.05, 3.63) is 29.3 Å². The van der Waals surface area contributed by atoms with E-state index in [0.29, 0.717) is 23.6 Å². The number of nitriles is 1. The highest BCUT2D eigenvalue weighted by Gasteiger charge is 2.14. The van der Waals surface area contributed by atoms with Crippen LogP contribution in [0.4, 0.5) is 0 Å². The van der Waals surface area contributed by atoms with Gasteiger partial charge in [0.2, 0.25) is 10.0 Å². The first-order chi connectivity index (χ1) is 8.86. The molecule has 104 valence electrons. The summed E-state index contributed by atoms with van der Waals surface area (Å²) in [5.41, 5.74) is 1.17. The lowest BCUT2D eigenvalue weighted by Crippen LogP contribution is -2.25. The largest absolute Gasteiger partial charge is 0.240 e. The van der Waals surface area contributed by atoms with Gasteiger partial charge >= 0.3 is 0 Å². The van der Waals surface area contributed by atoms with E-state index in [1.807, 2.05) is 6.07 Å². The number of sulfonamides is 1. The molecule has 0 amide bonds. The predicted octanol–water partition coefficient (Wildman–Crippen LogP) is 2.58. The normalized spacial score (nSPS) is 11.5. The van der Waals surface area contributed by atoms with Gasteiger partial charge in [0.25, 0.3) is 0 Å². The lowest BCUT2D eigenvalue weighted by atomic mass is 10.1. The zero-order valence-electron chi connectivity index (χ0n) is 11.6. The lowest BCUT2D eigenvalue weighted by Gasteiger charge is -2.09. The molecule has 0 heterocycles. The molecule has 0 aliphatic carbocycles. The van der Waals surface area contributed by atoms with Crippen LogP contribution in [-0.4, -0.2) is 15.0 Å². The third-order valence-electron chi connectivity index (χ3n) is 2.88. The first-order valence-corrected chi connectivity index (χ1v) is 7.85. The fourth-order valence-electron chi connectivity index (χ4n) is 1.73. The van der Waals surface area contributed by atoms with Crippen molar-refractivity contribution in [2.24, 2.45) is 5.92 Å². The van der Waals surface area contributed by atoms with Crippen LogP contribution in [0.3, 0.4) is 0 Å². The van der Waals surface area contributed by atoms with Crippen molar-refractivity contribution in [3.63, 3.8) is 0 Å². The Hall–Kier alpha value is -1.38. The molecule has 0 aliphatic rings. The molecule has 1 aromatic carbocycles. The molecule has 0 bridgehead atoms. The molecular weight excluding hydrogens is 260 g/mol. The van der Waals surface area contributed by atoms with E-state index in [-0.39, 0.29) is 4.90 Å². The number of nitrogens with one attached hydrogen (secondary N) is 1. The molecule has 0 radical (unpaired) electrons. The SMILES string of the molecule is Cc1cc(S(=O)(=O)NCCCC(C)C)ccc1C#N. The Balaban J connectivity index is 2.73. The van der Waals surface area contributed by atoms with Gasteiger partial charge in [0.1, 0.15) is 0 Å². The average Bonchev–Trinajstić information content (AvgIpc) is 2.34. The standard InChI is InChI=1S/C14H20N2O2S/c1-11(2)5-4-8-16-19(17,18)14-7-6-13(10-15)12(3)9-14/h6-7,9,11,16H,4-5,8H2,1-3H3. The van der Waals surface area contributed by atoms with Crippen LogP contribution in [0.25, 0.3) is 0 Å². The first-order valence-electron chi connectivity index (χ1n) is 6.37. The van der Waals surface area contributed by atoms with Crippen LogP contribution < -0.4 is 4.72 Å². The molecule has 0 saturated heterocycles. The lowest BCUT2D eigenvalue weighted by molar-refractivity contribution is 0.540. The van der Waals surface area contributed by atoms with E-state index in [1.54, 1.807) is 6.92 Å². The van der Waals surface area contributed by atoms with Crippen molar-refractivity contribution in [3.8, 4) is 6.07 Å². The van der Waals surface area contributed by atoms with Gasteiger partial charge in [-0.25, -0.2) is 13.1 Å². The monoisotopic (exact) mass is 280 g/mol. The smallest absolute Gasteiger partial charge is 0.211 e. The Morgan fingerprint density at radius 3 is 2.58 bits per heavy atom. The van der Waals surface area contributed by atoms with Gasteiger partial charge in [0.15, 0.2) is 0 Å². The fourth-order valence-corrected chi connectivity index (χ4v) is 2.89. The van der Waals surface area contributed by atoms with Gasteiger partial charge in [0.05, 0.1) is 16.5 Å². The van der Waals surface area contributed by atoms with Crippen molar-refractivity contribution in [1.82, 2.24) is 4.72 Å². The van der Waals surface area contributed by atoms with Crippen LogP contribution in [0, 0.1) is 24.2 Å². The summed E-state index contributed by atoms with van der Waals surface area (Å²) in [6.45, 7) is 6.40. The van der Waals surface area contributed by atoms with Gasteiger partial charge in [-0.05, 0) is 49.4 Å². The van der Waals surface area contributed by atoms with Crippen LogP contribution in [0.15, 0.2) is 23.1 Å². The van der Waals surface area contributed by atoms with E-state index < -0.39 is 10.0 Å². The molecule has 0 aliphatic heterocycles. The zero-order valence-corrected chi connectivity index (χ0v) is 12.4. The maximum absolute atomic E-state index is 12.0. The maximum Gasteiger partial charge on any atom is 0.240 e. The number of hydrogen-bond donors (Lipinski definition) is 1. The molecule has 19 heavy (non-hydrogen) atoms. The molecular formula is C14H20N2O2S. The van der Waals surface area contributed by atoms with E-state index in [4.69, 9.17) is 5.26 Å². The van der Waals surface area contributed by atoms with Crippen LogP contribution in [0.1, 0.15) is 37.8 Å². The highest BCUT2D eigenvalue weighted by Crippen LogP contribution is 2.14. The summed E-state index contributed by atoms with van der Waals surface area (Å²) in [5.74, 6) is 0.571. The van der Waals surface area contributed by atoms with Crippen molar-refractivity contribution < 1.29 is 8.42 Å². The third kappa shape index (κ3) is 4.66. The summed E-state index contributed by atoms with van der Waals surface area (Å²) in [4.78, 5) is 0.216. The van der Waals surface area contributed by atoms with Gasteiger partial charge in [-0.3, -0.25) is 0 Å². The molecule has 0 atom stereocenters. The molecule has 0 aromatic heterocycles. The van der Waals surface area contributed by atoms with Crippen LogP contribution in [0.2, 0.25) is 0 Å². The summed E-state index contributed by atoms with van der Waals surface area (Å²) >= 11 is 0. The molecule has 5 heteroatoms. The number of hydrogen-bond acceptors (Lipinski definition) is 3. The summed E-state index contributed by atoms with van der Waals surface area (Å²) < 4.78 is 26.7. The fraction of sp³-hybridized carbons (Fsp3) is 0.500. The van der Waals surface area contributed by atoms with E-state index in [1.165, 1.54) is 18.2 Å². The minimum absolute atomic E-state index is 0.216. The Morgan fingerprint density at radius 2 is 2.05 bits per heavy atom. The summed E-state index contributed by atoms with van der Waals surface area (Å²) in [5, 5.41) is 8.82. The van der Waals surface area contributed by atoms with Crippen LogP contribution in [-0.2, 0) is 10.0 Å². The molecule has 1 N–H and O–H groups in total. The minimum atomic E-state index is -3.47. The Bertz CT molecular complexity index is 572. The second-order valence-electron chi connectivity index (χ2n) is 5.02.